The van der Waals surface area contributed by atoms with Gasteiger partial charge in [0.15, 0.2) is 0 Å². The highest BCUT2D eigenvalue weighted by atomic mass is 16.3. The van der Waals surface area contributed by atoms with Gasteiger partial charge in [0, 0.05) is 13.0 Å². The van der Waals surface area contributed by atoms with E-state index < -0.39 is 0 Å². The number of aromatic nitrogens is 3. The van der Waals surface area contributed by atoms with Crippen LogP contribution >= 0.6 is 0 Å². The van der Waals surface area contributed by atoms with E-state index in [2.05, 4.69) is 30.0 Å². The standard InChI is InChI=1S/C14H23N3O/c1-4-17-14(15-9-16-17)8-13(18)12-6-10(2)5-11(3)7-12/h5,9-10,12-13,18H,4,6-8H2,1-3H3. The molecule has 0 spiro atoms. The molecule has 1 aromatic rings. The molecule has 100 valence electrons. The minimum Gasteiger partial charge on any atom is -0.392 e. The molecule has 0 saturated heterocycles. The molecule has 0 bridgehead atoms. The molecule has 1 heterocycles. The van der Waals surface area contributed by atoms with Crippen molar-refractivity contribution in [1.82, 2.24) is 14.8 Å². The van der Waals surface area contributed by atoms with Crippen molar-refractivity contribution >= 4 is 0 Å². The van der Waals surface area contributed by atoms with E-state index >= 15 is 0 Å². The van der Waals surface area contributed by atoms with E-state index in [9.17, 15) is 5.11 Å². The number of rotatable bonds is 4. The maximum Gasteiger partial charge on any atom is 0.138 e. The Hall–Kier alpha value is -1.16. The van der Waals surface area contributed by atoms with Crippen molar-refractivity contribution in [2.24, 2.45) is 11.8 Å². The number of aliphatic hydroxyl groups excluding tert-OH is 1. The van der Waals surface area contributed by atoms with Crippen LogP contribution in [0.5, 0.6) is 0 Å². The predicted molar refractivity (Wildman–Crippen MR) is 71.1 cm³/mol. The van der Waals surface area contributed by atoms with E-state index in [0.717, 1.165) is 25.2 Å². The molecule has 0 amide bonds. The normalized spacial score (nSPS) is 25.9. The molecule has 1 aliphatic carbocycles. The van der Waals surface area contributed by atoms with Gasteiger partial charge < -0.3 is 5.11 Å². The zero-order valence-electron chi connectivity index (χ0n) is 11.5. The molecule has 18 heavy (non-hydrogen) atoms. The molecule has 0 saturated carbocycles. The zero-order chi connectivity index (χ0) is 13.1. The molecule has 0 radical (unpaired) electrons. The summed E-state index contributed by atoms with van der Waals surface area (Å²) in [5.74, 6) is 1.82. The Labute approximate surface area is 109 Å². The third-order valence-corrected chi connectivity index (χ3v) is 3.76. The Morgan fingerprint density at radius 1 is 1.56 bits per heavy atom. The Kier molecular flexibility index (Phi) is 4.17. The number of nitrogens with zero attached hydrogens (tertiary/aromatic N) is 3. The van der Waals surface area contributed by atoms with Crippen molar-refractivity contribution in [3.05, 3.63) is 23.8 Å². The maximum absolute atomic E-state index is 10.4. The number of allylic oxidation sites excluding steroid dienone is 2. The van der Waals surface area contributed by atoms with Crippen LogP contribution in [-0.2, 0) is 13.0 Å². The summed E-state index contributed by atoms with van der Waals surface area (Å²) in [6.07, 6.45) is 6.26. The average molecular weight is 249 g/mol. The first-order valence-corrected chi connectivity index (χ1v) is 6.82. The Bertz CT molecular complexity index is 424. The first kappa shape index (κ1) is 13.3. The van der Waals surface area contributed by atoms with Gasteiger partial charge in [-0.05, 0) is 38.5 Å². The lowest BCUT2D eigenvalue weighted by molar-refractivity contribution is 0.0903. The second-order valence-corrected chi connectivity index (χ2v) is 5.45. The highest BCUT2D eigenvalue weighted by Gasteiger charge is 2.26. The molecular weight excluding hydrogens is 226 g/mol. The van der Waals surface area contributed by atoms with Crippen LogP contribution in [0.3, 0.4) is 0 Å². The Balaban J connectivity index is 2.00. The average Bonchev–Trinajstić information content (AvgIpc) is 2.75. The minimum atomic E-state index is -0.314. The Morgan fingerprint density at radius 2 is 2.33 bits per heavy atom. The number of aliphatic hydroxyl groups is 1. The lowest BCUT2D eigenvalue weighted by Gasteiger charge is -2.29. The largest absolute Gasteiger partial charge is 0.392 e. The van der Waals surface area contributed by atoms with Crippen LogP contribution in [0, 0.1) is 11.8 Å². The van der Waals surface area contributed by atoms with Gasteiger partial charge in [-0.15, -0.1) is 0 Å². The minimum absolute atomic E-state index is 0.314. The van der Waals surface area contributed by atoms with Crippen LogP contribution in [0.1, 0.15) is 39.4 Å². The fourth-order valence-corrected chi connectivity index (χ4v) is 2.95. The maximum atomic E-state index is 10.4. The van der Waals surface area contributed by atoms with Crippen LogP contribution in [-0.4, -0.2) is 26.0 Å². The Morgan fingerprint density at radius 3 is 3.00 bits per heavy atom. The first-order valence-electron chi connectivity index (χ1n) is 6.82. The van der Waals surface area contributed by atoms with Crippen LogP contribution in [0.15, 0.2) is 18.0 Å². The quantitative estimate of drug-likeness (QED) is 0.832. The van der Waals surface area contributed by atoms with Crippen molar-refractivity contribution in [3.8, 4) is 0 Å². The van der Waals surface area contributed by atoms with E-state index in [1.165, 1.54) is 5.57 Å². The summed E-state index contributed by atoms with van der Waals surface area (Å²) < 4.78 is 1.86. The summed E-state index contributed by atoms with van der Waals surface area (Å²) >= 11 is 0. The van der Waals surface area contributed by atoms with Crippen LogP contribution < -0.4 is 0 Å². The van der Waals surface area contributed by atoms with Crippen LogP contribution in [0.25, 0.3) is 0 Å². The summed E-state index contributed by atoms with van der Waals surface area (Å²) in [6.45, 7) is 7.23. The molecule has 0 fully saturated rings. The SMILES string of the molecule is CCn1ncnc1CC(O)C1CC(C)=CC(C)C1. The topological polar surface area (TPSA) is 50.9 Å². The molecule has 1 N–H and O–H groups in total. The number of hydrogen-bond donors (Lipinski definition) is 1. The predicted octanol–water partition coefficient (Wildman–Crippen LogP) is 2.19. The van der Waals surface area contributed by atoms with Gasteiger partial charge in [0.1, 0.15) is 12.2 Å². The van der Waals surface area contributed by atoms with Gasteiger partial charge in [-0.25, -0.2) is 4.98 Å². The van der Waals surface area contributed by atoms with Gasteiger partial charge in [-0.2, -0.15) is 5.10 Å². The van der Waals surface area contributed by atoms with Crippen LogP contribution in [0.2, 0.25) is 0 Å². The highest BCUT2D eigenvalue weighted by molar-refractivity contribution is 5.07. The first-order chi connectivity index (χ1) is 8.60. The molecule has 1 aromatic heterocycles. The lowest BCUT2D eigenvalue weighted by atomic mass is 9.80. The van der Waals surface area contributed by atoms with Crippen molar-refractivity contribution in [2.75, 3.05) is 0 Å². The second-order valence-electron chi connectivity index (χ2n) is 5.45. The monoisotopic (exact) mass is 249 g/mol. The van der Waals surface area contributed by atoms with Gasteiger partial charge >= 0.3 is 0 Å². The molecule has 4 heteroatoms. The fraction of sp³-hybridized carbons (Fsp3) is 0.714. The van der Waals surface area contributed by atoms with Crippen molar-refractivity contribution in [1.29, 1.82) is 0 Å². The van der Waals surface area contributed by atoms with Crippen LogP contribution in [0.4, 0.5) is 0 Å². The van der Waals surface area contributed by atoms with Crippen molar-refractivity contribution in [2.45, 2.75) is 52.7 Å². The molecule has 3 unspecified atom stereocenters. The molecule has 1 aliphatic rings. The van der Waals surface area contributed by atoms with Crippen molar-refractivity contribution < 1.29 is 5.11 Å². The van der Waals surface area contributed by atoms with E-state index in [0.29, 0.717) is 18.3 Å². The van der Waals surface area contributed by atoms with Gasteiger partial charge in [0.25, 0.3) is 0 Å². The smallest absolute Gasteiger partial charge is 0.138 e. The summed E-state index contributed by atoms with van der Waals surface area (Å²) in [6, 6.07) is 0. The number of aryl methyl sites for hydroxylation is 1. The fourth-order valence-electron chi connectivity index (χ4n) is 2.95. The van der Waals surface area contributed by atoms with E-state index in [4.69, 9.17) is 0 Å². The van der Waals surface area contributed by atoms with E-state index in [-0.39, 0.29) is 6.10 Å². The molecule has 2 rings (SSSR count). The zero-order valence-corrected chi connectivity index (χ0v) is 11.5. The third kappa shape index (κ3) is 2.99. The van der Waals surface area contributed by atoms with E-state index in [1.807, 2.05) is 11.6 Å². The summed E-state index contributed by atoms with van der Waals surface area (Å²) in [4.78, 5) is 4.24. The lowest BCUT2D eigenvalue weighted by Crippen LogP contribution is -2.28. The van der Waals surface area contributed by atoms with Gasteiger partial charge in [0.05, 0.1) is 6.10 Å². The van der Waals surface area contributed by atoms with Gasteiger partial charge in [0.2, 0.25) is 0 Å². The van der Waals surface area contributed by atoms with Gasteiger partial charge in [-0.3, -0.25) is 4.68 Å². The third-order valence-electron chi connectivity index (χ3n) is 3.76. The molecule has 0 aromatic carbocycles. The van der Waals surface area contributed by atoms with Gasteiger partial charge in [-0.1, -0.05) is 18.6 Å². The summed E-state index contributed by atoms with van der Waals surface area (Å²) in [5.41, 5.74) is 1.40. The van der Waals surface area contributed by atoms with Crippen molar-refractivity contribution in [3.63, 3.8) is 0 Å². The molecule has 3 atom stereocenters. The molecular formula is C14H23N3O. The molecule has 4 nitrogen and oxygen atoms in total. The van der Waals surface area contributed by atoms with E-state index in [1.54, 1.807) is 6.33 Å². The summed E-state index contributed by atoms with van der Waals surface area (Å²) in [7, 11) is 0. The highest BCUT2D eigenvalue weighted by Crippen LogP contribution is 2.31. The second kappa shape index (κ2) is 5.65. The summed E-state index contributed by atoms with van der Waals surface area (Å²) in [5, 5.41) is 14.5. The number of hydrogen-bond acceptors (Lipinski definition) is 3. The molecule has 0 aliphatic heterocycles.